The average Bonchev–Trinajstić information content (AvgIpc) is 2.79. The molecule has 1 N–H and O–H groups in total. The topological polar surface area (TPSA) is 64.3 Å². The van der Waals surface area contributed by atoms with Crippen LogP contribution in [0, 0.1) is 13.8 Å². The number of nitrogens with zero attached hydrogens (tertiary/aromatic N) is 2. The molecule has 0 amide bonds. The first-order chi connectivity index (χ1) is 15.0. The molecule has 0 bridgehead atoms. The lowest BCUT2D eigenvalue weighted by Gasteiger charge is -2.22. The fourth-order valence-corrected chi connectivity index (χ4v) is 3.86. The van der Waals surface area contributed by atoms with Crippen molar-refractivity contribution in [3.05, 3.63) is 112 Å². The summed E-state index contributed by atoms with van der Waals surface area (Å²) in [7, 11) is 0. The Morgan fingerprint density at radius 1 is 0.903 bits per heavy atom. The van der Waals surface area contributed by atoms with E-state index in [0.717, 1.165) is 27.8 Å². The van der Waals surface area contributed by atoms with Crippen LogP contribution < -0.4 is 5.56 Å². The van der Waals surface area contributed by atoms with E-state index in [0.29, 0.717) is 5.39 Å². The van der Waals surface area contributed by atoms with E-state index < -0.39 is 6.10 Å². The SMILES string of the molecule is Cc1ccccc1[C@@H](OC[C@@H](O)Cn1nc(C)c2ccccc2c1=O)c1ccccc1. The van der Waals surface area contributed by atoms with Gasteiger partial charge in [0.2, 0.25) is 0 Å². The monoisotopic (exact) mass is 414 g/mol. The molecule has 3 aromatic carbocycles. The van der Waals surface area contributed by atoms with Crippen LogP contribution in [0.2, 0.25) is 0 Å². The molecular weight excluding hydrogens is 388 g/mol. The molecule has 4 aromatic rings. The quantitative estimate of drug-likeness (QED) is 0.493. The molecule has 4 rings (SSSR count). The maximum absolute atomic E-state index is 12.8. The summed E-state index contributed by atoms with van der Waals surface area (Å²) in [5.41, 5.74) is 3.73. The van der Waals surface area contributed by atoms with Gasteiger partial charge in [0.15, 0.2) is 0 Å². The summed E-state index contributed by atoms with van der Waals surface area (Å²) in [6.07, 6.45) is -1.18. The van der Waals surface area contributed by atoms with Crippen molar-refractivity contribution in [3.8, 4) is 0 Å². The van der Waals surface area contributed by atoms with Crippen molar-refractivity contribution in [1.29, 1.82) is 0 Å². The third kappa shape index (κ3) is 4.58. The van der Waals surface area contributed by atoms with E-state index in [1.54, 1.807) is 6.07 Å². The van der Waals surface area contributed by atoms with Crippen LogP contribution in [-0.4, -0.2) is 27.6 Å². The van der Waals surface area contributed by atoms with Crippen LogP contribution in [0.5, 0.6) is 0 Å². The Morgan fingerprint density at radius 3 is 2.29 bits per heavy atom. The molecule has 1 heterocycles. The summed E-state index contributed by atoms with van der Waals surface area (Å²) >= 11 is 0. The first-order valence-corrected chi connectivity index (χ1v) is 10.4. The van der Waals surface area contributed by atoms with E-state index in [4.69, 9.17) is 4.74 Å². The highest BCUT2D eigenvalue weighted by molar-refractivity contribution is 5.83. The minimum absolute atomic E-state index is 0.0692. The number of benzene rings is 3. The summed E-state index contributed by atoms with van der Waals surface area (Å²) < 4.78 is 7.52. The summed E-state index contributed by atoms with van der Waals surface area (Å²) in [5, 5.41) is 16.5. The van der Waals surface area contributed by atoms with E-state index in [1.165, 1.54) is 4.68 Å². The predicted octanol–water partition coefficient (Wildman–Crippen LogP) is 4.18. The zero-order valence-corrected chi connectivity index (χ0v) is 17.7. The number of aromatic nitrogens is 2. The third-order valence-electron chi connectivity index (χ3n) is 5.46. The van der Waals surface area contributed by atoms with Crippen LogP contribution in [0.25, 0.3) is 10.8 Å². The predicted molar refractivity (Wildman–Crippen MR) is 122 cm³/mol. The van der Waals surface area contributed by atoms with Gasteiger partial charge in [0.1, 0.15) is 6.10 Å². The number of hydrogen-bond acceptors (Lipinski definition) is 4. The number of aryl methyl sites for hydroxylation is 2. The van der Waals surface area contributed by atoms with Gasteiger partial charge < -0.3 is 9.84 Å². The molecule has 0 saturated carbocycles. The van der Waals surface area contributed by atoms with Gasteiger partial charge in [0, 0.05) is 5.39 Å². The largest absolute Gasteiger partial charge is 0.389 e. The first-order valence-electron chi connectivity index (χ1n) is 10.4. The second-order valence-electron chi connectivity index (χ2n) is 7.75. The van der Waals surface area contributed by atoms with Crippen molar-refractivity contribution < 1.29 is 9.84 Å². The maximum atomic E-state index is 12.8. The van der Waals surface area contributed by atoms with Crippen molar-refractivity contribution in [3.63, 3.8) is 0 Å². The first kappa shape index (κ1) is 21.0. The molecule has 0 saturated heterocycles. The Labute approximate surface area is 181 Å². The van der Waals surface area contributed by atoms with E-state index >= 15 is 0 Å². The minimum Gasteiger partial charge on any atom is -0.389 e. The van der Waals surface area contributed by atoms with Crippen LogP contribution in [0.1, 0.15) is 28.5 Å². The molecule has 5 nitrogen and oxygen atoms in total. The Hall–Kier alpha value is -3.28. The Balaban J connectivity index is 1.55. The van der Waals surface area contributed by atoms with Gasteiger partial charge in [0.05, 0.1) is 30.3 Å². The number of hydrogen-bond donors (Lipinski definition) is 1. The summed E-state index contributed by atoms with van der Waals surface area (Å²) in [5.74, 6) is 0. The fourth-order valence-electron chi connectivity index (χ4n) is 3.86. The van der Waals surface area contributed by atoms with E-state index in [1.807, 2.05) is 86.6 Å². The zero-order valence-electron chi connectivity index (χ0n) is 17.7. The molecule has 0 aliphatic rings. The molecular formula is C26H26N2O3. The van der Waals surface area contributed by atoms with Crippen LogP contribution in [0.4, 0.5) is 0 Å². The fraction of sp³-hybridized carbons (Fsp3) is 0.231. The normalized spacial score (nSPS) is 13.3. The van der Waals surface area contributed by atoms with Gasteiger partial charge in [-0.2, -0.15) is 5.10 Å². The number of ether oxygens (including phenoxy) is 1. The average molecular weight is 415 g/mol. The van der Waals surface area contributed by atoms with Gasteiger partial charge in [-0.25, -0.2) is 4.68 Å². The van der Waals surface area contributed by atoms with Gasteiger partial charge in [-0.15, -0.1) is 0 Å². The van der Waals surface area contributed by atoms with Crippen LogP contribution in [-0.2, 0) is 11.3 Å². The number of rotatable bonds is 7. The van der Waals surface area contributed by atoms with Gasteiger partial charge in [0.25, 0.3) is 5.56 Å². The van der Waals surface area contributed by atoms with Gasteiger partial charge in [-0.1, -0.05) is 72.8 Å². The molecule has 0 radical (unpaired) electrons. The number of aliphatic hydroxyl groups is 1. The van der Waals surface area contributed by atoms with Crippen LogP contribution in [0.15, 0.2) is 83.7 Å². The van der Waals surface area contributed by atoms with E-state index in [-0.39, 0.29) is 24.8 Å². The highest BCUT2D eigenvalue weighted by Gasteiger charge is 2.19. The van der Waals surface area contributed by atoms with Crippen LogP contribution >= 0.6 is 0 Å². The number of aliphatic hydroxyl groups excluding tert-OH is 1. The lowest BCUT2D eigenvalue weighted by molar-refractivity contribution is -0.00262. The van der Waals surface area contributed by atoms with Crippen molar-refractivity contribution in [2.24, 2.45) is 0 Å². The lowest BCUT2D eigenvalue weighted by atomic mass is 9.97. The Kier molecular flexibility index (Phi) is 6.26. The molecule has 2 atom stereocenters. The van der Waals surface area contributed by atoms with E-state index in [2.05, 4.69) is 5.10 Å². The lowest BCUT2D eigenvalue weighted by Crippen LogP contribution is -2.32. The Bertz CT molecular complexity index is 1230. The van der Waals surface area contributed by atoms with Crippen molar-refractivity contribution in [1.82, 2.24) is 9.78 Å². The van der Waals surface area contributed by atoms with Gasteiger partial charge in [-0.3, -0.25) is 4.79 Å². The highest BCUT2D eigenvalue weighted by atomic mass is 16.5. The van der Waals surface area contributed by atoms with Gasteiger partial charge in [-0.05, 0) is 36.6 Å². The molecule has 0 fully saturated rings. The minimum atomic E-state index is -0.874. The zero-order chi connectivity index (χ0) is 21.8. The summed E-state index contributed by atoms with van der Waals surface area (Å²) in [6, 6.07) is 25.4. The highest BCUT2D eigenvalue weighted by Crippen LogP contribution is 2.28. The smallest absolute Gasteiger partial charge is 0.274 e. The molecule has 5 heteroatoms. The van der Waals surface area contributed by atoms with Crippen LogP contribution in [0.3, 0.4) is 0 Å². The van der Waals surface area contributed by atoms with Gasteiger partial charge >= 0.3 is 0 Å². The molecule has 0 aliphatic carbocycles. The number of fused-ring (bicyclic) bond motifs is 1. The van der Waals surface area contributed by atoms with Crippen molar-refractivity contribution >= 4 is 10.8 Å². The summed E-state index contributed by atoms with van der Waals surface area (Å²) in [6.45, 7) is 4.06. The standard InChI is InChI=1S/C26H26N2O3/c1-18-10-6-7-13-22(18)25(20-11-4-3-5-12-20)31-17-21(29)16-28-26(30)24-15-9-8-14-23(24)19(2)27-28/h3-15,21,25,29H,16-17H2,1-2H3/t21-,25-/m0/s1. The van der Waals surface area contributed by atoms with Crippen molar-refractivity contribution in [2.75, 3.05) is 6.61 Å². The van der Waals surface area contributed by atoms with E-state index in [9.17, 15) is 9.90 Å². The second-order valence-corrected chi connectivity index (χ2v) is 7.75. The molecule has 0 spiro atoms. The molecule has 158 valence electrons. The Morgan fingerprint density at radius 2 is 1.55 bits per heavy atom. The maximum Gasteiger partial charge on any atom is 0.274 e. The summed E-state index contributed by atoms with van der Waals surface area (Å²) in [4.78, 5) is 12.8. The third-order valence-corrected chi connectivity index (χ3v) is 5.46. The molecule has 0 aliphatic heterocycles. The van der Waals surface area contributed by atoms with Crippen molar-refractivity contribution in [2.45, 2.75) is 32.6 Å². The second kappa shape index (κ2) is 9.25. The molecule has 1 aromatic heterocycles. The molecule has 31 heavy (non-hydrogen) atoms. The molecule has 0 unspecified atom stereocenters.